The largest absolute Gasteiger partial charge is 0.495 e. The summed E-state index contributed by atoms with van der Waals surface area (Å²) in [6.07, 6.45) is 1.48. The van der Waals surface area contributed by atoms with Crippen LogP contribution in [0.1, 0.15) is 15.2 Å². The van der Waals surface area contributed by atoms with E-state index in [1.165, 1.54) is 23.7 Å². The number of aromatic nitrogens is 2. The highest BCUT2D eigenvalue weighted by atomic mass is 32.1. The Balaban J connectivity index is 1.40. The van der Waals surface area contributed by atoms with Gasteiger partial charge in [-0.05, 0) is 36.8 Å². The average Bonchev–Trinajstić information content (AvgIpc) is 3.23. The summed E-state index contributed by atoms with van der Waals surface area (Å²) in [6.45, 7) is 4.80. The Hall–Kier alpha value is -3.79. The molecule has 10 heteroatoms. The van der Waals surface area contributed by atoms with E-state index >= 15 is 0 Å². The van der Waals surface area contributed by atoms with Gasteiger partial charge in [-0.15, -0.1) is 11.3 Å². The SMILES string of the molecule is COc1ccccc1N1CCN(c2ncnc3sc(C(=O)Nc4c(F)cccc4F)c(C)c23)CC1. The van der Waals surface area contributed by atoms with Gasteiger partial charge in [0.1, 0.15) is 40.0 Å². The molecule has 3 heterocycles. The molecule has 1 aliphatic rings. The summed E-state index contributed by atoms with van der Waals surface area (Å²) in [5.41, 5.74) is 1.27. The van der Waals surface area contributed by atoms with Gasteiger partial charge in [0.15, 0.2) is 0 Å². The van der Waals surface area contributed by atoms with Gasteiger partial charge in [0.05, 0.1) is 23.1 Å². The molecular formula is C25H23F2N5O2S. The number of methoxy groups -OCH3 is 1. The van der Waals surface area contributed by atoms with Crippen LogP contribution in [0.25, 0.3) is 10.2 Å². The molecule has 35 heavy (non-hydrogen) atoms. The van der Waals surface area contributed by atoms with Crippen LogP contribution in [0.4, 0.5) is 26.0 Å². The van der Waals surface area contributed by atoms with Crippen LogP contribution in [0, 0.1) is 18.6 Å². The van der Waals surface area contributed by atoms with Crippen LogP contribution in [0.15, 0.2) is 48.8 Å². The van der Waals surface area contributed by atoms with E-state index in [2.05, 4.69) is 25.1 Å². The smallest absolute Gasteiger partial charge is 0.266 e. The van der Waals surface area contributed by atoms with E-state index < -0.39 is 23.2 Å². The number of fused-ring (bicyclic) bond motifs is 1. The number of hydrogen-bond acceptors (Lipinski definition) is 7. The van der Waals surface area contributed by atoms with Crippen LogP contribution in [0.3, 0.4) is 0 Å². The molecule has 0 atom stereocenters. The molecule has 1 fully saturated rings. The molecule has 0 bridgehead atoms. The van der Waals surface area contributed by atoms with Gasteiger partial charge < -0.3 is 19.9 Å². The van der Waals surface area contributed by atoms with Crippen molar-refractivity contribution >= 4 is 44.7 Å². The highest BCUT2D eigenvalue weighted by Crippen LogP contribution is 2.36. The van der Waals surface area contributed by atoms with Crippen LogP contribution in [0.2, 0.25) is 0 Å². The summed E-state index contributed by atoms with van der Waals surface area (Å²) in [5, 5.41) is 3.15. The summed E-state index contributed by atoms with van der Waals surface area (Å²) in [7, 11) is 1.67. The van der Waals surface area contributed by atoms with Gasteiger partial charge in [-0.1, -0.05) is 18.2 Å². The lowest BCUT2D eigenvalue weighted by Crippen LogP contribution is -2.47. The number of nitrogens with zero attached hydrogens (tertiary/aromatic N) is 4. The van der Waals surface area contributed by atoms with Crippen molar-refractivity contribution in [1.29, 1.82) is 0 Å². The third-order valence-corrected chi connectivity index (χ3v) is 7.32. The van der Waals surface area contributed by atoms with Gasteiger partial charge in [-0.3, -0.25) is 4.79 Å². The van der Waals surface area contributed by atoms with Crippen molar-refractivity contribution < 1.29 is 18.3 Å². The van der Waals surface area contributed by atoms with E-state index in [1.807, 2.05) is 31.2 Å². The summed E-state index contributed by atoms with van der Waals surface area (Å²) in [6, 6.07) is 11.4. The minimum Gasteiger partial charge on any atom is -0.495 e. The number of para-hydroxylation sites is 3. The first-order valence-corrected chi connectivity index (χ1v) is 11.9. The predicted octanol–water partition coefficient (Wildman–Crippen LogP) is 4.87. The molecule has 4 aromatic rings. The molecule has 1 aliphatic heterocycles. The van der Waals surface area contributed by atoms with Gasteiger partial charge in [-0.25, -0.2) is 18.7 Å². The number of thiophene rings is 1. The number of anilines is 3. The Morgan fingerprint density at radius 3 is 2.40 bits per heavy atom. The Morgan fingerprint density at radius 1 is 1.00 bits per heavy atom. The van der Waals surface area contributed by atoms with Crippen molar-refractivity contribution in [1.82, 2.24) is 9.97 Å². The molecule has 1 saturated heterocycles. The Labute approximate surface area is 205 Å². The summed E-state index contributed by atoms with van der Waals surface area (Å²) in [5.74, 6) is -0.655. The molecule has 0 aliphatic carbocycles. The second-order valence-corrected chi connectivity index (χ2v) is 9.13. The average molecular weight is 496 g/mol. The monoisotopic (exact) mass is 495 g/mol. The van der Waals surface area contributed by atoms with Crippen LogP contribution in [0.5, 0.6) is 5.75 Å². The van der Waals surface area contributed by atoms with Crippen molar-refractivity contribution in [2.45, 2.75) is 6.92 Å². The summed E-state index contributed by atoms with van der Waals surface area (Å²) < 4.78 is 33.6. The molecule has 0 radical (unpaired) electrons. The minimum atomic E-state index is -0.828. The van der Waals surface area contributed by atoms with Gasteiger partial charge in [0.25, 0.3) is 5.91 Å². The number of ether oxygens (including phenoxy) is 1. The molecule has 7 nitrogen and oxygen atoms in total. The molecule has 2 aromatic carbocycles. The fourth-order valence-electron chi connectivity index (χ4n) is 4.35. The highest BCUT2D eigenvalue weighted by Gasteiger charge is 2.26. The van der Waals surface area contributed by atoms with Crippen LogP contribution < -0.4 is 19.9 Å². The number of piperazine rings is 1. The first kappa shape index (κ1) is 23.0. The number of halogens is 2. The maximum absolute atomic E-state index is 14.0. The lowest BCUT2D eigenvalue weighted by molar-refractivity contribution is 0.102. The fourth-order valence-corrected chi connectivity index (χ4v) is 5.39. The molecule has 0 spiro atoms. The van der Waals surface area contributed by atoms with Crippen molar-refractivity contribution in [3.63, 3.8) is 0 Å². The maximum Gasteiger partial charge on any atom is 0.266 e. The zero-order chi connectivity index (χ0) is 24.5. The minimum absolute atomic E-state index is 0.345. The highest BCUT2D eigenvalue weighted by molar-refractivity contribution is 7.20. The molecule has 2 aromatic heterocycles. The van der Waals surface area contributed by atoms with Crippen molar-refractivity contribution in [2.24, 2.45) is 0 Å². The van der Waals surface area contributed by atoms with E-state index in [4.69, 9.17) is 4.74 Å². The molecule has 5 rings (SSSR count). The number of hydrogen-bond donors (Lipinski definition) is 1. The van der Waals surface area contributed by atoms with E-state index in [0.29, 0.717) is 15.3 Å². The van der Waals surface area contributed by atoms with Crippen molar-refractivity contribution in [3.8, 4) is 5.75 Å². The fraction of sp³-hybridized carbons (Fsp3) is 0.240. The van der Waals surface area contributed by atoms with Gasteiger partial charge in [0.2, 0.25) is 0 Å². The van der Waals surface area contributed by atoms with Crippen LogP contribution >= 0.6 is 11.3 Å². The molecule has 0 saturated carbocycles. The van der Waals surface area contributed by atoms with Crippen molar-refractivity contribution in [2.75, 3.05) is 48.4 Å². The van der Waals surface area contributed by atoms with Gasteiger partial charge >= 0.3 is 0 Å². The van der Waals surface area contributed by atoms with E-state index in [-0.39, 0.29) is 0 Å². The van der Waals surface area contributed by atoms with E-state index in [0.717, 1.165) is 61.0 Å². The molecular weight excluding hydrogens is 472 g/mol. The lowest BCUT2D eigenvalue weighted by atomic mass is 10.1. The molecule has 1 N–H and O–H groups in total. The normalized spacial score (nSPS) is 13.8. The second kappa shape index (κ2) is 9.46. The molecule has 0 unspecified atom stereocenters. The predicted molar refractivity (Wildman–Crippen MR) is 134 cm³/mol. The number of carbonyl (C=O) groups excluding carboxylic acids is 1. The van der Waals surface area contributed by atoms with Gasteiger partial charge in [-0.2, -0.15) is 0 Å². The summed E-state index contributed by atoms with van der Waals surface area (Å²) >= 11 is 1.18. The zero-order valence-electron chi connectivity index (χ0n) is 19.2. The number of amides is 1. The van der Waals surface area contributed by atoms with Gasteiger partial charge in [0, 0.05) is 26.2 Å². The van der Waals surface area contributed by atoms with Crippen LogP contribution in [-0.2, 0) is 0 Å². The Bertz CT molecular complexity index is 1380. The van der Waals surface area contributed by atoms with Crippen molar-refractivity contribution in [3.05, 3.63) is 70.9 Å². The standard InChI is InChI=1S/C25H23F2N5O2S/c1-15-20-23(32-12-10-31(11-13-32)18-8-3-4-9-19(18)34-2)28-14-29-25(20)35-22(15)24(33)30-21-16(26)6-5-7-17(21)27/h3-9,14H,10-13H2,1-2H3,(H,30,33). The van der Waals surface area contributed by atoms with E-state index in [9.17, 15) is 13.6 Å². The number of aryl methyl sites for hydroxylation is 1. The Kier molecular flexibility index (Phi) is 6.21. The third kappa shape index (κ3) is 4.25. The quantitative estimate of drug-likeness (QED) is 0.426. The number of carbonyl (C=O) groups is 1. The second-order valence-electron chi connectivity index (χ2n) is 8.13. The van der Waals surface area contributed by atoms with E-state index in [1.54, 1.807) is 7.11 Å². The first-order valence-electron chi connectivity index (χ1n) is 11.1. The topological polar surface area (TPSA) is 70.6 Å². The van der Waals surface area contributed by atoms with Crippen LogP contribution in [-0.4, -0.2) is 49.2 Å². The maximum atomic E-state index is 14.0. The first-order chi connectivity index (χ1) is 17.0. The zero-order valence-corrected chi connectivity index (χ0v) is 20.0. The number of benzene rings is 2. The number of rotatable bonds is 5. The lowest BCUT2D eigenvalue weighted by Gasteiger charge is -2.37. The Morgan fingerprint density at radius 2 is 1.69 bits per heavy atom. The summed E-state index contributed by atoms with van der Waals surface area (Å²) in [4.78, 5) is 27.3. The molecule has 1 amide bonds. The molecule has 180 valence electrons. The third-order valence-electron chi connectivity index (χ3n) is 6.12. The number of nitrogens with one attached hydrogen (secondary N) is 1.